The zero-order chi connectivity index (χ0) is 11.4. The van der Waals surface area contributed by atoms with Gasteiger partial charge in [-0.25, -0.2) is 4.79 Å². The number of nitrogens with one attached hydrogen (secondary N) is 1. The van der Waals surface area contributed by atoms with Gasteiger partial charge in [0.05, 0.1) is 0 Å². The molecule has 1 N–H and O–H groups in total. The molecule has 1 aromatic carbocycles. The zero-order valence-electron chi connectivity index (χ0n) is 8.50. The first-order valence-electron chi connectivity index (χ1n) is 4.37. The first-order chi connectivity index (χ1) is 7.00. The minimum absolute atomic E-state index is 0.170. The van der Waals surface area contributed by atoms with Gasteiger partial charge in [-0.3, -0.25) is 0 Å². The van der Waals surface area contributed by atoms with Gasteiger partial charge in [0.2, 0.25) is 0 Å². The summed E-state index contributed by atoms with van der Waals surface area (Å²) in [6.07, 6.45) is 0. The maximum Gasteiger partial charge on any atom is 0.321 e. The number of nitrogens with zero attached hydrogens (tertiary/aromatic N) is 1. The highest BCUT2D eigenvalue weighted by molar-refractivity contribution is 6.44. The number of rotatable bonds is 2. The highest BCUT2D eigenvalue weighted by Gasteiger charge is 2.05. The second-order valence-electron chi connectivity index (χ2n) is 3.25. The van der Waals surface area contributed by atoms with Gasteiger partial charge in [-0.1, -0.05) is 12.1 Å². The van der Waals surface area contributed by atoms with E-state index in [1.54, 1.807) is 38.4 Å². The van der Waals surface area contributed by atoms with Crippen LogP contribution >= 0.6 is 23.2 Å². The van der Waals surface area contributed by atoms with Crippen LogP contribution in [0, 0.1) is 0 Å². The van der Waals surface area contributed by atoms with Gasteiger partial charge in [-0.15, -0.1) is 23.2 Å². The van der Waals surface area contributed by atoms with Gasteiger partial charge < -0.3 is 10.2 Å². The molecule has 0 bridgehead atoms. The van der Waals surface area contributed by atoms with Crippen molar-refractivity contribution in [3.8, 4) is 0 Å². The second-order valence-corrected chi connectivity index (χ2v) is 4.34. The SMILES string of the molecule is CN(C)C(=O)Nc1ccc(C(Cl)Cl)cc1. The van der Waals surface area contributed by atoms with E-state index in [2.05, 4.69) is 5.32 Å². The zero-order valence-corrected chi connectivity index (χ0v) is 10.0. The van der Waals surface area contributed by atoms with Crippen molar-refractivity contribution >= 4 is 34.9 Å². The molecule has 5 heteroatoms. The van der Waals surface area contributed by atoms with Crippen molar-refractivity contribution in [2.75, 3.05) is 19.4 Å². The fraction of sp³-hybridized carbons (Fsp3) is 0.300. The number of carbonyl (C=O) groups is 1. The quantitative estimate of drug-likeness (QED) is 0.799. The monoisotopic (exact) mass is 246 g/mol. The second kappa shape index (κ2) is 5.24. The van der Waals surface area contributed by atoms with Crippen molar-refractivity contribution in [1.82, 2.24) is 4.90 Å². The number of amides is 2. The van der Waals surface area contributed by atoms with Gasteiger partial charge in [0.1, 0.15) is 4.84 Å². The number of hydrogen-bond acceptors (Lipinski definition) is 1. The summed E-state index contributed by atoms with van der Waals surface area (Å²) in [5.74, 6) is 0. The summed E-state index contributed by atoms with van der Waals surface area (Å²) in [6.45, 7) is 0. The molecule has 2 amide bonds. The van der Waals surface area contributed by atoms with Crippen molar-refractivity contribution in [3.05, 3.63) is 29.8 Å². The molecule has 1 aromatic rings. The Morgan fingerprint density at radius 1 is 1.27 bits per heavy atom. The standard InChI is InChI=1S/C10H12Cl2N2O/c1-14(2)10(15)13-8-5-3-7(4-6-8)9(11)12/h3-6,9H,1-2H3,(H,13,15). The van der Waals surface area contributed by atoms with Gasteiger partial charge in [0.25, 0.3) is 0 Å². The molecule has 0 heterocycles. The molecule has 15 heavy (non-hydrogen) atoms. The molecule has 0 aliphatic rings. The lowest BCUT2D eigenvalue weighted by Gasteiger charge is -2.12. The molecule has 0 radical (unpaired) electrons. The predicted octanol–water partition coefficient (Wildman–Crippen LogP) is 3.26. The van der Waals surface area contributed by atoms with Crippen LogP contribution < -0.4 is 5.32 Å². The van der Waals surface area contributed by atoms with Crippen LogP contribution in [-0.4, -0.2) is 25.0 Å². The molecule has 0 aromatic heterocycles. The largest absolute Gasteiger partial charge is 0.331 e. The summed E-state index contributed by atoms with van der Waals surface area (Å²) in [4.78, 5) is 12.2. The summed E-state index contributed by atoms with van der Waals surface area (Å²) in [5, 5.41) is 2.71. The van der Waals surface area contributed by atoms with Gasteiger partial charge in [0, 0.05) is 19.8 Å². The molecular formula is C10H12Cl2N2O. The highest BCUT2D eigenvalue weighted by atomic mass is 35.5. The molecule has 0 saturated heterocycles. The average Bonchev–Trinajstić information content (AvgIpc) is 2.18. The molecule has 0 unspecified atom stereocenters. The van der Waals surface area contributed by atoms with Crippen LogP contribution in [0.5, 0.6) is 0 Å². The van der Waals surface area contributed by atoms with Gasteiger partial charge in [0.15, 0.2) is 0 Å². The Labute approximate surface area is 99.0 Å². The number of anilines is 1. The maximum absolute atomic E-state index is 11.3. The third-order valence-corrected chi connectivity index (χ3v) is 2.32. The van der Waals surface area contributed by atoms with Crippen molar-refractivity contribution < 1.29 is 4.79 Å². The predicted molar refractivity (Wildman–Crippen MR) is 63.6 cm³/mol. The summed E-state index contributed by atoms with van der Waals surface area (Å²) in [5.41, 5.74) is 1.52. The normalized spacial score (nSPS) is 10.2. The Bertz CT molecular complexity index is 336. The Morgan fingerprint density at radius 3 is 2.20 bits per heavy atom. The fourth-order valence-electron chi connectivity index (χ4n) is 0.947. The van der Waals surface area contributed by atoms with Gasteiger partial charge in [-0.05, 0) is 17.7 Å². The third kappa shape index (κ3) is 3.61. The lowest BCUT2D eigenvalue weighted by atomic mass is 10.2. The lowest BCUT2D eigenvalue weighted by molar-refractivity contribution is 0.230. The Morgan fingerprint density at radius 2 is 1.80 bits per heavy atom. The van der Waals surface area contributed by atoms with E-state index in [1.807, 2.05) is 0 Å². The summed E-state index contributed by atoms with van der Waals surface area (Å²) >= 11 is 11.4. The van der Waals surface area contributed by atoms with Gasteiger partial charge in [-0.2, -0.15) is 0 Å². The molecular weight excluding hydrogens is 235 g/mol. The maximum atomic E-state index is 11.3. The first kappa shape index (κ1) is 12.1. The number of carbonyl (C=O) groups excluding carboxylic acids is 1. The molecule has 0 aliphatic carbocycles. The molecule has 0 saturated carbocycles. The van der Waals surface area contributed by atoms with Crippen molar-refractivity contribution in [3.63, 3.8) is 0 Å². The average molecular weight is 247 g/mol. The number of alkyl halides is 2. The number of benzene rings is 1. The van der Waals surface area contributed by atoms with E-state index < -0.39 is 4.84 Å². The minimum atomic E-state index is -0.538. The molecule has 0 atom stereocenters. The van der Waals surface area contributed by atoms with E-state index in [-0.39, 0.29) is 6.03 Å². The lowest BCUT2D eigenvalue weighted by Crippen LogP contribution is -2.27. The minimum Gasteiger partial charge on any atom is -0.331 e. The summed E-state index contributed by atoms with van der Waals surface area (Å²) in [6, 6.07) is 6.89. The van der Waals surface area contributed by atoms with E-state index >= 15 is 0 Å². The molecule has 0 fully saturated rings. The molecule has 0 aliphatic heterocycles. The van der Waals surface area contributed by atoms with Crippen LogP contribution in [-0.2, 0) is 0 Å². The smallest absolute Gasteiger partial charge is 0.321 e. The molecule has 1 rings (SSSR count). The Kier molecular flexibility index (Phi) is 4.24. The van der Waals surface area contributed by atoms with Crippen molar-refractivity contribution in [2.45, 2.75) is 4.84 Å². The van der Waals surface area contributed by atoms with Crippen LogP contribution in [0.25, 0.3) is 0 Å². The fourth-order valence-corrected chi connectivity index (χ4v) is 1.24. The molecule has 0 spiro atoms. The number of urea groups is 1. The summed E-state index contributed by atoms with van der Waals surface area (Å²) in [7, 11) is 3.36. The van der Waals surface area contributed by atoms with Crippen LogP contribution in [0.2, 0.25) is 0 Å². The van der Waals surface area contributed by atoms with Crippen molar-refractivity contribution in [1.29, 1.82) is 0 Å². The Balaban J connectivity index is 2.69. The van der Waals surface area contributed by atoms with E-state index in [1.165, 1.54) is 4.90 Å². The van der Waals surface area contributed by atoms with E-state index in [0.29, 0.717) is 5.69 Å². The van der Waals surface area contributed by atoms with Crippen LogP contribution in [0.1, 0.15) is 10.4 Å². The topological polar surface area (TPSA) is 32.3 Å². The summed E-state index contributed by atoms with van der Waals surface area (Å²) < 4.78 is 0. The molecule has 82 valence electrons. The van der Waals surface area contributed by atoms with E-state index in [9.17, 15) is 4.79 Å². The third-order valence-electron chi connectivity index (χ3n) is 1.82. The van der Waals surface area contributed by atoms with Crippen LogP contribution in [0.4, 0.5) is 10.5 Å². The Hall–Kier alpha value is -0.930. The van der Waals surface area contributed by atoms with Gasteiger partial charge >= 0.3 is 6.03 Å². The van der Waals surface area contributed by atoms with Crippen LogP contribution in [0.15, 0.2) is 24.3 Å². The molecule has 3 nitrogen and oxygen atoms in total. The van der Waals surface area contributed by atoms with E-state index in [4.69, 9.17) is 23.2 Å². The number of hydrogen-bond donors (Lipinski definition) is 1. The van der Waals surface area contributed by atoms with Crippen LogP contribution in [0.3, 0.4) is 0 Å². The first-order valence-corrected chi connectivity index (χ1v) is 5.24. The van der Waals surface area contributed by atoms with E-state index in [0.717, 1.165) is 5.56 Å². The number of halogens is 2. The van der Waals surface area contributed by atoms with Crippen molar-refractivity contribution in [2.24, 2.45) is 0 Å². The highest BCUT2D eigenvalue weighted by Crippen LogP contribution is 2.25.